The van der Waals surface area contributed by atoms with Gasteiger partial charge in [-0.2, -0.15) is 5.23 Å². The molecule has 25 heavy (non-hydrogen) atoms. The predicted molar refractivity (Wildman–Crippen MR) is 89.8 cm³/mol. The van der Waals surface area contributed by atoms with E-state index in [-0.39, 0.29) is 5.69 Å². The van der Waals surface area contributed by atoms with Gasteiger partial charge in [0.25, 0.3) is 11.8 Å². The summed E-state index contributed by atoms with van der Waals surface area (Å²) in [5.41, 5.74) is 9.53. The van der Waals surface area contributed by atoms with E-state index in [1.165, 1.54) is 24.3 Å². The highest BCUT2D eigenvalue weighted by molar-refractivity contribution is 6.33. The van der Waals surface area contributed by atoms with Crippen molar-refractivity contribution in [2.24, 2.45) is 0 Å². The van der Waals surface area contributed by atoms with E-state index in [2.05, 4.69) is 5.43 Å². The summed E-state index contributed by atoms with van der Waals surface area (Å²) in [4.78, 5) is 24.3. The Morgan fingerprint density at radius 3 is 2.60 bits per heavy atom. The molecule has 0 aliphatic carbocycles. The van der Waals surface area contributed by atoms with Crippen LogP contribution in [0.5, 0.6) is 0 Å². The van der Waals surface area contributed by atoms with Gasteiger partial charge in [-0.05, 0) is 29.8 Å². The number of benzene rings is 2. The number of nitrogen functional groups attached to an aromatic ring is 1. The van der Waals surface area contributed by atoms with Crippen molar-refractivity contribution in [3.8, 4) is 0 Å². The highest BCUT2D eigenvalue weighted by atomic mass is 35.5. The van der Waals surface area contributed by atoms with Crippen molar-refractivity contribution < 1.29 is 20.0 Å². The Morgan fingerprint density at radius 1 is 1.28 bits per heavy atom. The first-order valence-electron chi connectivity index (χ1n) is 7.35. The van der Waals surface area contributed by atoms with E-state index in [4.69, 9.17) is 22.5 Å². The van der Waals surface area contributed by atoms with Crippen LogP contribution in [0, 0.1) is 5.21 Å². The van der Waals surface area contributed by atoms with E-state index in [0.717, 1.165) is 5.01 Å². The minimum Gasteiger partial charge on any atom is -0.595 e. The van der Waals surface area contributed by atoms with Crippen LogP contribution < -0.4 is 16.4 Å². The van der Waals surface area contributed by atoms with Crippen LogP contribution in [-0.2, 0) is 4.79 Å². The summed E-state index contributed by atoms with van der Waals surface area (Å²) in [5.74, 6) is -0.951. The Morgan fingerprint density at radius 2 is 1.96 bits per heavy atom. The van der Waals surface area contributed by atoms with Gasteiger partial charge in [-0.25, -0.2) is 10.2 Å². The van der Waals surface area contributed by atoms with Gasteiger partial charge in [0.2, 0.25) is 0 Å². The van der Waals surface area contributed by atoms with Crippen molar-refractivity contribution in [3.05, 3.63) is 64.9 Å². The molecule has 0 saturated carbocycles. The lowest BCUT2D eigenvalue weighted by Crippen LogP contribution is -2.99. The normalized spacial score (nSPS) is 20.8. The van der Waals surface area contributed by atoms with Crippen molar-refractivity contribution in [2.75, 3.05) is 5.73 Å². The molecule has 0 radical (unpaired) electrons. The minimum absolute atomic E-state index is 0.0746. The standard InChI is InChI=1S/C16H15ClN4O4/c17-13-14(10-2-1-3-12(8-10)21(24)25)20(16(13)23)19-15(22)9-4-6-11(18)7-5-9/h1-8,13-14,21,24H,18H2,(H,19,22). The molecule has 5 N–H and O–H groups in total. The quantitative estimate of drug-likeness (QED) is 0.273. The van der Waals surface area contributed by atoms with E-state index in [9.17, 15) is 14.8 Å². The van der Waals surface area contributed by atoms with E-state index in [0.29, 0.717) is 16.8 Å². The molecule has 1 heterocycles. The summed E-state index contributed by atoms with van der Waals surface area (Å²) >= 11 is 6.07. The average molecular weight is 363 g/mol. The van der Waals surface area contributed by atoms with Gasteiger partial charge in [-0.1, -0.05) is 12.1 Å². The second-order valence-electron chi connectivity index (χ2n) is 5.55. The number of rotatable bonds is 4. The number of nitrogens with two attached hydrogens (primary N) is 1. The van der Waals surface area contributed by atoms with Crippen molar-refractivity contribution in [1.82, 2.24) is 10.4 Å². The zero-order valence-corrected chi connectivity index (χ0v) is 13.6. The molecule has 0 bridgehead atoms. The van der Waals surface area contributed by atoms with E-state index < -0.39 is 28.5 Å². The molecule has 1 aliphatic rings. The van der Waals surface area contributed by atoms with Crippen LogP contribution in [0.25, 0.3) is 0 Å². The molecular formula is C16H15ClN4O4. The van der Waals surface area contributed by atoms with Gasteiger partial charge in [0.1, 0.15) is 11.4 Å². The van der Waals surface area contributed by atoms with Gasteiger partial charge in [0.05, 0.1) is 0 Å². The molecule has 0 aromatic heterocycles. The highest BCUT2D eigenvalue weighted by Crippen LogP contribution is 2.37. The predicted octanol–water partition coefficient (Wildman–Crippen LogP) is 0.508. The number of hydrazine groups is 1. The first-order valence-corrected chi connectivity index (χ1v) is 7.79. The maximum atomic E-state index is 12.3. The fourth-order valence-corrected chi connectivity index (χ4v) is 2.92. The molecule has 2 aromatic rings. The van der Waals surface area contributed by atoms with Crippen LogP contribution in [0.2, 0.25) is 0 Å². The van der Waals surface area contributed by atoms with Crippen LogP contribution in [-0.4, -0.2) is 27.4 Å². The number of carbonyl (C=O) groups is 2. The molecule has 2 aromatic carbocycles. The van der Waals surface area contributed by atoms with Crippen LogP contribution in [0.3, 0.4) is 0 Å². The second-order valence-corrected chi connectivity index (χ2v) is 6.02. The summed E-state index contributed by atoms with van der Waals surface area (Å²) in [6.45, 7) is 0. The van der Waals surface area contributed by atoms with Gasteiger partial charge in [0, 0.05) is 23.4 Å². The van der Waals surface area contributed by atoms with Crippen LogP contribution in [0.4, 0.5) is 11.4 Å². The molecule has 3 unspecified atom stereocenters. The maximum absolute atomic E-state index is 12.3. The van der Waals surface area contributed by atoms with Gasteiger partial charge >= 0.3 is 0 Å². The van der Waals surface area contributed by atoms with E-state index in [1.54, 1.807) is 24.3 Å². The highest BCUT2D eigenvalue weighted by Gasteiger charge is 2.48. The van der Waals surface area contributed by atoms with Crippen molar-refractivity contribution in [1.29, 1.82) is 0 Å². The lowest BCUT2D eigenvalue weighted by Gasteiger charge is -2.44. The monoisotopic (exact) mass is 362 g/mol. The summed E-state index contributed by atoms with van der Waals surface area (Å²) in [6, 6.07) is 11.7. The number of carbonyl (C=O) groups excluding carboxylic acids is 2. The topological polar surface area (TPSA) is 123 Å². The molecule has 8 nitrogen and oxygen atoms in total. The number of halogens is 1. The van der Waals surface area contributed by atoms with Crippen LogP contribution in [0.15, 0.2) is 48.5 Å². The second kappa shape index (κ2) is 6.69. The van der Waals surface area contributed by atoms with Gasteiger partial charge in [0.15, 0.2) is 5.69 Å². The fraction of sp³-hybridized carbons (Fsp3) is 0.125. The largest absolute Gasteiger partial charge is 0.595 e. The number of anilines is 1. The minimum atomic E-state index is -1.09. The number of amides is 2. The Labute approximate surface area is 147 Å². The molecule has 1 saturated heterocycles. The molecule has 3 rings (SSSR count). The van der Waals surface area contributed by atoms with Crippen LogP contribution in [0.1, 0.15) is 22.0 Å². The Bertz CT molecular complexity index is 812. The maximum Gasteiger partial charge on any atom is 0.269 e. The Balaban J connectivity index is 1.80. The molecule has 3 atom stereocenters. The molecular weight excluding hydrogens is 348 g/mol. The van der Waals surface area contributed by atoms with Gasteiger partial charge in [-0.15, -0.1) is 11.6 Å². The number of nitrogens with one attached hydrogen (secondary N) is 2. The Hall–Kier alpha value is -2.65. The number of β-lactam (4-membered cyclic amide) rings is 1. The fourth-order valence-electron chi connectivity index (χ4n) is 2.56. The zero-order valence-electron chi connectivity index (χ0n) is 12.8. The lowest BCUT2D eigenvalue weighted by atomic mass is 9.95. The summed E-state index contributed by atoms with van der Waals surface area (Å²) < 4.78 is 0. The number of hydrogen-bond acceptors (Lipinski definition) is 5. The SMILES string of the molecule is Nc1ccc(C(=O)NN2C(=O)C(Cl)C2c2cccc([NH+]([O-])O)c2)cc1. The summed E-state index contributed by atoms with van der Waals surface area (Å²) in [6.07, 6.45) is 0. The molecule has 1 aliphatic heterocycles. The van der Waals surface area contributed by atoms with Crippen LogP contribution >= 0.6 is 11.6 Å². The third-order valence-corrected chi connectivity index (χ3v) is 4.32. The van der Waals surface area contributed by atoms with Crippen molar-refractivity contribution >= 4 is 34.8 Å². The molecule has 2 amide bonds. The summed E-state index contributed by atoms with van der Waals surface area (Å²) in [5, 5.41) is 19.3. The van der Waals surface area contributed by atoms with Crippen molar-refractivity contribution in [3.63, 3.8) is 0 Å². The zero-order chi connectivity index (χ0) is 18.1. The third kappa shape index (κ3) is 3.28. The average Bonchev–Trinajstić information content (AvgIpc) is 2.61. The summed E-state index contributed by atoms with van der Waals surface area (Å²) in [7, 11) is 0. The van der Waals surface area contributed by atoms with E-state index >= 15 is 0 Å². The Kier molecular flexibility index (Phi) is 4.60. The van der Waals surface area contributed by atoms with E-state index in [1.807, 2.05) is 0 Å². The third-order valence-electron chi connectivity index (χ3n) is 3.90. The number of hydrogen-bond donors (Lipinski definition) is 4. The number of nitrogens with zero attached hydrogens (tertiary/aromatic N) is 1. The molecule has 1 fully saturated rings. The van der Waals surface area contributed by atoms with Gasteiger partial charge in [-0.3, -0.25) is 15.0 Å². The molecule has 0 spiro atoms. The lowest BCUT2D eigenvalue weighted by molar-refractivity contribution is -0.991. The van der Waals surface area contributed by atoms with Gasteiger partial charge < -0.3 is 10.9 Å². The molecule has 130 valence electrons. The first-order chi connectivity index (χ1) is 11.9. The smallest absolute Gasteiger partial charge is 0.269 e. The van der Waals surface area contributed by atoms with Crippen molar-refractivity contribution in [2.45, 2.75) is 11.4 Å². The first kappa shape index (κ1) is 17.2. The molecule has 9 heteroatoms. The number of alkyl halides is 1. The number of quaternary nitrogens is 1.